The molecule has 0 aliphatic heterocycles. The minimum atomic E-state index is -0.558. The first kappa shape index (κ1) is 20.6. The Morgan fingerprint density at radius 3 is 2.45 bits per heavy atom. The van der Waals surface area contributed by atoms with E-state index in [9.17, 15) is 9.59 Å². The molecule has 0 fully saturated rings. The molecule has 0 saturated heterocycles. The number of aryl methyl sites for hydroxylation is 2. The third kappa shape index (κ3) is 5.23. The second-order valence-corrected chi connectivity index (χ2v) is 6.99. The maximum atomic E-state index is 12.7. The number of hydrogen-bond acceptors (Lipinski definition) is 5. The van der Waals surface area contributed by atoms with Crippen LogP contribution >= 0.6 is 11.6 Å². The van der Waals surface area contributed by atoms with E-state index < -0.39 is 12.0 Å². The zero-order valence-corrected chi connectivity index (χ0v) is 16.9. The van der Waals surface area contributed by atoms with E-state index in [0.29, 0.717) is 22.0 Å². The van der Waals surface area contributed by atoms with E-state index in [1.165, 1.54) is 0 Å². The molecule has 2 aromatic carbocycles. The van der Waals surface area contributed by atoms with Gasteiger partial charge >= 0.3 is 5.97 Å². The molecular weight excluding hydrogens is 392 g/mol. The van der Waals surface area contributed by atoms with Crippen LogP contribution < -0.4 is 5.32 Å². The van der Waals surface area contributed by atoms with Crippen molar-refractivity contribution in [2.75, 3.05) is 0 Å². The van der Waals surface area contributed by atoms with Crippen molar-refractivity contribution in [1.82, 2.24) is 10.5 Å². The minimum Gasteiger partial charge on any atom is -0.461 e. The topological polar surface area (TPSA) is 81.4 Å². The van der Waals surface area contributed by atoms with Crippen LogP contribution in [-0.2, 0) is 16.1 Å². The van der Waals surface area contributed by atoms with Crippen molar-refractivity contribution in [2.45, 2.75) is 32.9 Å². The molecule has 6 nitrogen and oxygen atoms in total. The van der Waals surface area contributed by atoms with Crippen molar-refractivity contribution in [3.05, 3.63) is 87.8 Å². The van der Waals surface area contributed by atoms with Crippen LogP contribution in [0.15, 0.2) is 59.1 Å². The Bertz CT molecular complexity index is 982. The molecule has 1 N–H and O–H groups in total. The van der Waals surface area contributed by atoms with Crippen molar-refractivity contribution in [3.63, 3.8) is 0 Å². The summed E-state index contributed by atoms with van der Waals surface area (Å²) in [4.78, 5) is 25.2. The van der Waals surface area contributed by atoms with Crippen molar-refractivity contribution in [3.8, 4) is 0 Å². The molecule has 150 valence electrons. The molecule has 1 aromatic heterocycles. The molecule has 1 atom stereocenters. The van der Waals surface area contributed by atoms with Crippen LogP contribution in [0, 0.1) is 13.8 Å². The molecule has 3 aromatic rings. The Kier molecular flexibility index (Phi) is 6.67. The van der Waals surface area contributed by atoms with E-state index in [1.807, 2.05) is 30.3 Å². The Hall–Kier alpha value is -3.12. The van der Waals surface area contributed by atoms with Crippen molar-refractivity contribution < 1.29 is 18.8 Å². The van der Waals surface area contributed by atoms with Gasteiger partial charge in [0.15, 0.2) is 0 Å². The highest BCUT2D eigenvalue weighted by Gasteiger charge is 2.22. The van der Waals surface area contributed by atoms with Crippen LogP contribution in [0.4, 0.5) is 0 Å². The average molecular weight is 413 g/mol. The van der Waals surface area contributed by atoms with Crippen LogP contribution in [0.2, 0.25) is 5.02 Å². The number of nitrogens with one attached hydrogen (secondary N) is 1. The monoisotopic (exact) mass is 412 g/mol. The molecule has 1 amide bonds. The van der Waals surface area contributed by atoms with Crippen molar-refractivity contribution >= 4 is 23.5 Å². The van der Waals surface area contributed by atoms with Crippen LogP contribution in [0.25, 0.3) is 0 Å². The smallest absolute Gasteiger partial charge is 0.308 e. The van der Waals surface area contributed by atoms with E-state index in [4.69, 9.17) is 20.9 Å². The number of nitrogens with zero attached hydrogens (tertiary/aromatic N) is 1. The number of rotatable bonds is 7. The highest BCUT2D eigenvalue weighted by molar-refractivity contribution is 6.33. The molecule has 1 heterocycles. The second-order valence-electron chi connectivity index (χ2n) is 6.58. The number of carbonyl (C=O) groups is 2. The first-order valence-corrected chi connectivity index (χ1v) is 9.51. The molecule has 7 heteroatoms. The van der Waals surface area contributed by atoms with E-state index in [-0.39, 0.29) is 18.9 Å². The molecule has 1 unspecified atom stereocenters. The molecule has 0 bridgehead atoms. The highest BCUT2D eigenvalue weighted by Crippen LogP contribution is 2.21. The Morgan fingerprint density at radius 1 is 1.10 bits per heavy atom. The summed E-state index contributed by atoms with van der Waals surface area (Å²) in [5.74, 6) is -0.191. The van der Waals surface area contributed by atoms with Crippen LogP contribution in [0.3, 0.4) is 0 Å². The van der Waals surface area contributed by atoms with Gasteiger partial charge in [-0.2, -0.15) is 0 Å². The second kappa shape index (κ2) is 9.39. The molecule has 0 spiro atoms. The maximum absolute atomic E-state index is 12.7. The fourth-order valence-electron chi connectivity index (χ4n) is 2.91. The number of aromatic nitrogens is 1. The van der Waals surface area contributed by atoms with Gasteiger partial charge in [0.05, 0.1) is 34.3 Å². The minimum absolute atomic E-state index is 0.0242. The van der Waals surface area contributed by atoms with Crippen molar-refractivity contribution in [1.29, 1.82) is 0 Å². The van der Waals surface area contributed by atoms with Gasteiger partial charge in [-0.15, -0.1) is 0 Å². The Labute approximate surface area is 173 Å². The summed E-state index contributed by atoms with van der Waals surface area (Å²) in [6, 6.07) is 15.5. The lowest BCUT2D eigenvalue weighted by atomic mass is 10.0. The quantitative estimate of drug-likeness (QED) is 0.576. The van der Waals surface area contributed by atoms with E-state index >= 15 is 0 Å². The summed E-state index contributed by atoms with van der Waals surface area (Å²) in [6.45, 7) is 3.62. The normalized spacial score (nSPS) is 11.7. The van der Waals surface area contributed by atoms with Gasteiger partial charge in [0, 0.05) is 0 Å². The standard InChI is InChI=1S/C22H21ClN2O4/c1-14-18(15(2)29-25-14)13-28-21(26)12-20(16-8-4-3-5-9-16)24-22(27)17-10-6-7-11-19(17)23/h3-11,20H,12-13H2,1-2H3,(H,24,27). The number of benzene rings is 2. The number of esters is 1. The molecule has 0 radical (unpaired) electrons. The largest absolute Gasteiger partial charge is 0.461 e. The Balaban J connectivity index is 1.71. The van der Waals surface area contributed by atoms with E-state index in [1.54, 1.807) is 38.1 Å². The fraction of sp³-hybridized carbons (Fsp3) is 0.227. The lowest BCUT2D eigenvalue weighted by Gasteiger charge is -2.19. The lowest BCUT2D eigenvalue weighted by Crippen LogP contribution is -2.30. The lowest BCUT2D eigenvalue weighted by molar-refractivity contribution is -0.145. The molecule has 0 aliphatic rings. The summed E-state index contributed by atoms with van der Waals surface area (Å²) in [7, 11) is 0. The van der Waals surface area contributed by atoms with Gasteiger partial charge in [-0.05, 0) is 31.5 Å². The number of amides is 1. The third-order valence-corrected chi connectivity index (χ3v) is 4.88. The number of ether oxygens (including phenoxy) is 1. The van der Waals surface area contributed by atoms with Gasteiger partial charge < -0.3 is 14.6 Å². The van der Waals surface area contributed by atoms with Crippen molar-refractivity contribution in [2.24, 2.45) is 0 Å². The first-order valence-electron chi connectivity index (χ1n) is 9.13. The SMILES string of the molecule is Cc1noc(C)c1COC(=O)CC(NC(=O)c1ccccc1Cl)c1ccccc1. The summed E-state index contributed by atoms with van der Waals surface area (Å²) < 4.78 is 10.5. The van der Waals surface area contributed by atoms with Crippen LogP contribution in [0.5, 0.6) is 0 Å². The predicted octanol–water partition coefficient (Wildman–Crippen LogP) is 4.55. The van der Waals surface area contributed by atoms with Gasteiger partial charge in [0.2, 0.25) is 0 Å². The molecule has 0 aliphatic carbocycles. The average Bonchev–Trinajstić information content (AvgIpc) is 3.04. The van der Waals surface area contributed by atoms with Gasteiger partial charge in [-0.1, -0.05) is 59.2 Å². The number of hydrogen-bond donors (Lipinski definition) is 1. The molecule has 0 saturated carbocycles. The zero-order valence-electron chi connectivity index (χ0n) is 16.1. The predicted molar refractivity (Wildman–Crippen MR) is 108 cm³/mol. The highest BCUT2D eigenvalue weighted by atomic mass is 35.5. The summed E-state index contributed by atoms with van der Waals surface area (Å²) in [5.41, 5.74) is 2.57. The van der Waals surface area contributed by atoms with Gasteiger partial charge in [-0.25, -0.2) is 0 Å². The van der Waals surface area contributed by atoms with Gasteiger partial charge in [0.1, 0.15) is 12.4 Å². The molecule has 3 rings (SSSR count). The van der Waals surface area contributed by atoms with Crippen LogP contribution in [0.1, 0.15) is 45.4 Å². The van der Waals surface area contributed by atoms with E-state index in [2.05, 4.69) is 10.5 Å². The molecular formula is C22H21ClN2O4. The van der Waals surface area contributed by atoms with Gasteiger partial charge in [-0.3, -0.25) is 9.59 Å². The summed E-state index contributed by atoms with van der Waals surface area (Å²) >= 11 is 6.12. The summed E-state index contributed by atoms with van der Waals surface area (Å²) in [5, 5.41) is 7.08. The van der Waals surface area contributed by atoms with E-state index in [0.717, 1.165) is 11.1 Å². The zero-order chi connectivity index (χ0) is 20.8. The maximum Gasteiger partial charge on any atom is 0.308 e. The first-order chi connectivity index (χ1) is 14.0. The number of carbonyl (C=O) groups excluding carboxylic acids is 2. The van der Waals surface area contributed by atoms with Gasteiger partial charge in [0.25, 0.3) is 5.91 Å². The molecule has 29 heavy (non-hydrogen) atoms. The van der Waals surface area contributed by atoms with Crippen LogP contribution in [-0.4, -0.2) is 17.0 Å². The Morgan fingerprint density at radius 2 is 1.79 bits per heavy atom. The fourth-order valence-corrected chi connectivity index (χ4v) is 3.13. The number of halogens is 1. The summed E-state index contributed by atoms with van der Waals surface area (Å²) in [6.07, 6.45) is -0.0242. The third-order valence-electron chi connectivity index (χ3n) is 4.56.